The summed E-state index contributed by atoms with van der Waals surface area (Å²) in [6, 6.07) is 20.7. The van der Waals surface area contributed by atoms with Crippen LogP contribution >= 0.6 is 0 Å². The number of carboxylic acids is 2. The molecule has 0 atom stereocenters. The number of carbonyl (C=O) groups is 2. The third-order valence-electron chi connectivity index (χ3n) is 7.55. The van der Waals surface area contributed by atoms with Gasteiger partial charge in [-0.05, 0) is 34.8 Å². The molecule has 0 fully saturated rings. The molecule has 0 aliphatic heterocycles. The van der Waals surface area contributed by atoms with Crippen LogP contribution in [-0.4, -0.2) is 39.7 Å². The van der Waals surface area contributed by atoms with E-state index in [1.54, 1.807) is 0 Å². The van der Waals surface area contributed by atoms with Crippen LogP contribution in [0.3, 0.4) is 0 Å². The Balaban J connectivity index is 2.56. The Kier molecular flexibility index (Phi) is 12.0. The number of hydrogen-bond donors (Lipinski definition) is 2. The van der Waals surface area contributed by atoms with Crippen molar-refractivity contribution in [2.75, 3.05) is 0 Å². The maximum Gasteiger partial charge on any atom is 0.319 e. The predicted octanol–water partition coefficient (Wildman–Crippen LogP) is 6.02. The van der Waals surface area contributed by atoms with Gasteiger partial charge < -0.3 is 10.2 Å². The van der Waals surface area contributed by atoms with Gasteiger partial charge >= 0.3 is 11.9 Å². The van der Waals surface area contributed by atoms with E-state index in [1.807, 2.05) is 24.3 Å². The maximum absolute atomic E-state index is 12.9. The van der Waals surface area contributed by atoms with Crippen molar-refractivity contribution in [2.45, 2.75) is 91.4 Å². The van der Waals surface area contributed by atoms with Gasteiger partial charge in [0, 0.05) is 0 Å². The summed E-state index contributed by atoms with van der Waals surface area (Å²) in [6.07, 6.45) is -0.487. The van der Waals surface area contributed by atoms with Crippen LogP contribution in [0.25, 0.3) is 0 Å². The van der Waals surface area contributed by atoms with Crippen LogP contribution in [0, 0.1) is 23.7 Å². The first-order valence-electron chi connectivity index (χ1n) is 14.4. The van der Waals surface area contributed by atoms with Gasteiger partial charge in [-0.2, -0.15) is 0 Å². The fourth-order valence-corrected chi connectivity index (χ4v) is 13.5. The zero-order valence-electron chi connectivity index (χ0n) is 24.8. The molecule has 0 saturated heterocycles. The van der Waals surface area contributed by atoms with Gasteiger partial charge in [0.2, 0.25) is 0 Å². The van der Waals surface area contributed by atoms with E-state index >= 15 is 0 Å². The molecule has 0 saturated carbocycles. The van der Waals surface area contributed by atoms with Gasteiger partial charge in [0.1, 0.15) is 5.41 Å². The lowest BCUT2D eigenvalue weighted by molar-refractivity contribution is -0.148. The SMILES string of the molecule is CC(C)C[SiH](CC(C)C)c1ccc(C(CC(=O)O)(C(=O)O)c2ccc([SiH](CC(C)C)CC(C)C)cc2)cc1. The molecule has 38 heavy (non-hydrogen) atoms. The Hall–Kier alpha value is -2.19. The van der Waals surface area contributed by atoms with Crippen LogP contribution in [-0.2, 0) is 15.0 Å². The molecule has 2 aromatic rings. The summed E-state index contributed by atoms with van der Waals surface area (Å²) >= 11 is 0. The van der Waals surface area contributed by atoms with Crippen molar-refractivity contribution < 1.29 is 19.8 Å². The highest BCUT2D eigenvalue weighted by molar-refractivity contribution is 6.73. The second-order valence-corrected chi connectivity index (χ2v) is 18.9. The van der Waals surface area contributed by atoms with Gasteiger partial charge in [-0.1, -0.05) is 138 Å². The average Bonchev–Trinajstić information content (AvgIpc) is 2.80. The molecule has 0 heterocycles. The average molecular weight is 555 g/mol. The van der Waals surface area contributed by atoms with Crippen molar-refractivity contribution in [3.63, 3.8) is 0 Å². The Labute approximate surface area is 234 Å². The summed E-state index contributed by atoms with van der Waals surface area (Å²) in [5.41, 5.74) is -0.531. The first-order valence-corrected chi connectivity index (χ1v) is 18.8. The zero-order valence-corrected chi connectivity index (χ0v) is 27.1. The van der Waals surface area contributed by atoms with Crippen molar-refractivity contribution >= 4 is 39.9 Å². The molecule has 0 aliphatic carbocycles. The highest BCUT2D eigenvalue weighted by Gasteiger charge is 2.44. The summed E-state index contributed by atoms with van der Waals surface area (Å²) in [7, 11) is -2.42. The van der Waals surface area contributed by atoms with E-state index in [0.717, 1.165) is 0 Å². The largest absolute Gasteiger partial charge is 0.481 e. The van der Waals surface area contributed by atoms with E-state index in [0.29, 0.717) is 34.8 Å². The third kappa shape index (κ3) is 8.67. The third-order valence-corrected chi connectivity index (χ3v) is 16.3. The Bertz CT molecular complexity index is 939. The minimum atomic E-state index is -1.62. The van der Waals surface area contributed by atoms with Crippen LogP contribution in [0.2, 0.25) is 24.2 Å². The predicted molar refractivity (Wildman–Crippen MR) is 166 cm³/mol. The van der Waals surface area contributed by atoms with E-state index in [2.05, 4.69) is 79.7 Å². The lowest BCUT2D eigenvalue weighted by Crippen LogP contribution is -2.41. The fraction of sp³-hybridized carbons (Fsp3) is 0.562. The molecule has 6 heteroatoms. The molecule has 0 amide bonds. The van der Waals surface area contributed by atoms with Crippen LogP contribution in [0.4, 0.5) is 0 Å². The van der Waals surface area contributed by atoms with Crippen LogP contribution in [0.1, 0.15) is 72.9 Å². The summed E-state index contributed by atoms with van der Waals surface area (Å²) in [6.45, 7) is 18.1. The molecule has 0 bridgehead atoms. The first kappa shape index (κ1) is 32.0. The molecule has 0 unspecified atom stereocenters. The monoisotopic (exact) mass is 554 g/mol. The van der Waals surface area contributed by atoms with Gasteiger partial charge in [0.25, 0.3) is 0 Å². The summed E-state index contributed by atoms with van der Waals surface area (Å²) in [4.78, 5) is 25.0. The topological polar surface area (TPSA) is 74.6 Å². The van der Waals surface area contributed by atoms with Crippen molar-refractivity contribution in [1.29, 1.82) is 0 Å². The van der Waals surface area contributed by atoms with Crippen LogP contribution in [0.15, 0.2) is 48.5 Å². The molecule has 2 aromatic carbocycles. The van der Waals surface area contributed by atoms with Gasteiger partial charge in [-0.3, -0.25) is 9.59 Å². The lowest BCUT2D eigenvalue weighted by atomic mass is 9.72. The van der Waals surface area contributed by atoms with Crippen molar-refractivity contribution in [1.82, 2.24) is 0 Å². The quantitative estimate of drug-likeness (QED) is 0.264. The van der Waals surface area contributed by atoms with Gasteiger partial charge in [-0.15, -0.1) is 0 Å². The second-order valence-electron chi connectivity index (χ2n) is 12.9. The van der Waals surface area contributed by atoms with Gasteiger partial charge in [0.15, 0.2) is 0 Å². The first-order chi connectivity index (χ1) is 17.8. The van der Waals surface area contributed by atoms with E-state index in [1.165, 1.54) is 34.5 Å². The van der Waals surface area contributed by atoms with E-state index in [9.17, 15) is 19.8 Å². The number of aliphatic carboxylic acids is 2. The molecule has 0 radical (unpaired) electrons. The minimum Gasteiger partial charge on any atom is -0.481 e. The number of hydrogen-bond acceptors (Lipinski definition) is 2. The lowest BCUT2D eigenvalue weighted by Gasteiger charge is -2.30. The molecule has 0 aliphatic rings. The number of benzene rings is 2. The van der Waals surface area contributed by atoms with Gasteiger partial charge in [-0.25, -0.2) is 0 Å². The molecule has 0 aromatic heterocycles. The second kappa shape index (κ2) is 14.3. The zero-order chi connectivity index (χ0) is 28.6. The molecule has 2 rings (SSSR count). The smallest absolute Gasteiger partial charge is 0.319 e. The van der Waals surface area contributed by atoms with Crippen molar-refractivity contribution in [3.05, 3.63) is 59.7 Å². The van der Waals surface area contributed by atoms with Crippen molar-refractivity contribution in [2.24, 2.45) is 23.7 Å². The molecule has 0 spiro atoms. The Morgan fingerprint density at radius 3 is 1.11 bits per heavy atom. The van der Waals surface area contributed by atoms with E-state index < -0.39 is 41.4 Å². The molecule has 4 nitrogen and oxygen atoms in total. The Morgan fingerprint density at radius 1 is 0.605 bits per heavy atom. The molecule has 2 N–H and O–H groups in total. The summed E-state index contributed by atoms with van der Waals surface area (Å²) in [5, 5.41) is 23.1. The highest BCUT2D eigenvalue weighted by Crippen LogP contribution is 2.36. The molecular formula is C32H50O4Si2. The van der Waals surface area contributed by atoms with Gasteiger partial charge in [0.05, 0.1) is 24.0 Å². The van der Waals surface area contributed by atoms with Crippen LogP contribution in [0.5, 0.6) is 0 Å². The molecular weight excluding hydrogens is 505 g/mol. The highest BCUT2D eigenvalue weighted by atomic mass is 28.3. The molecule has 210 valence electrons. The normalized spacial score (nSPS) is 12.5. The minimum absolute atomic E-state index is 0.487. The maximum atomic E-state index is 12.9. The number of rotatable bonds is 15. The van der Waals surface area contributed by atoms with Crippen molar-refractivity contribution in [3.8, 4) is 0 Å². The number of carboxylic acid groups (broad SMARTS) is 2. The Morgan fingerprint density at radius 2 is 0.895 bits per heavy atom. The van der Waals surface area contributed by atoms with Crippen LogP contribution < -0.4 is 10.4 Å². The standard InChI is InChI=1S/C32H50O4Si2/c1-22(2)18-37(19-23(3)4)28-13-9-26(10-14-28)32(31(35)36,17-30(33)34)27-11-15-29(16-12-27)38(20-24(5)6)21-25(7)8/h9-16,22-25,37-38H,17-21H2,1-8H3,(H,33,34)(H,35,36). The summed E-state index contributed by atoms with van der Waals surface area (Å²) < 4.78 is 0. The summed E-state index contributed by atoms with van der Waals surface area (Å²) in [5.74, 6) is 0.246. The van der Waals surface area contributed by atoms with E-state index in [4.69, 9.17) is 0 Å². The van der Waals surface area contributed by atoms with E-state index in [-0.39, 0.29) is 0 Å². The fourth-order valence-electron chi connectivity index (χ4n) is 6.01.